The number of aliphatic hydroxyl groups is 1. The molecule has 5 rings (SSSR count). The first kappa shape index (κ1) is 41.7. The van der Waals surface area contributed by atoms with E-state index in [1.165, 1.54) is 19.0 Å². The Hall–Kier alpha value is -4.67. The van der Waals surface area contributed by atoms with Gasteiger partial charge in [0.05, 0.1) is 5.57 Å². The van der Waals surface area contributed by atoms with Crippen LogP contribution in [-0.2, 0) is 9.53 Å². The van der Waals surface area contributed by atoms with Crippen LogP contribution in [0.1, 0.15) is 92.6 Å². The van der Waals surface area contributed by atoms with Crippen LogP contribution in [-0.4, -0.2) is 73.0 Å². The number of carbonyl (C=O) groups is 2. The molecule has 0 spiro atoms. The molecule has 1 fully saturated rings. The van der Waals surface area contributed by atoms with E-state index in [1.54, 1.807) is 31.9 Å². The highest BCUT2D eigenvalue weighted by Crippen LogP contribution is 2.47. The number of halogens is 1. The summed E-state index contributed by atoms with van der Waals surface area (Å²) in [5.74, 6) is -0.654. The number of rotatable bonds is 9. The Bertz CT molecular complexity index is 1790. The maximum atomic E-state index is 15.3. The van der Waals surface area contributed by atoms with Gasteiger partial charge in [-0.15, -0.1) is 0 Å². The van der Waals surface area contributed by atoms with E-state index in [2.05, 4.69) is 37.8 Å². The lowest BCUT2D eigenvalue weighted by atomic mass is 9.96. The fourth-order valence-electron chi connectivity index (χ4n) is 6.28. The number of hydrogen-bond donors (Lipinski definition) is 3. The number of nitrogens with one attached hydrogen (secondary N) is 1. The van der Waals surface area contributed by atoms with Crippen molar-refractivity contribution in [2.24, 2.45) is 5.73 Å². The van der Waals surface area contributed by atoms with Crippen molar-refractivity contribution in [3.05, 3.63) is 100 Å². The summed E-state index contributed by atoms with van der Waals surface area (Å²) in [6.45, 7) is 19.0. The normalized spacial score (nSPS) is 14.8. The number of aliphatic hydroxyl groups excluding tert-OH is 1. The monoisotopic (exact) mass is 716 g/mol. The summed E-state index contributed by atoms with van der Waals surface area (Å²) in [6, 6.07) is 12.6. The van der Waals surface area contributed by atoms with Gasteiger partial charge in [0.2, 0.25) is 0 Å². The fourth-order valence-corrected chi connectivity index (χ4v) is 6.28. The van der Waals surface area contributed by atoms with Gasteiger partial charge in [-0.3, -0.25) is 9.59 Å². The molecule has 1 unspecified atom stereocenters. The summed E-state index contributed by atoms with van der Waals surface area (Å²) in [5.41, 5.74) is 9.80. The largest absolute Gasteiger partial charge is 0.474 e. The summed E-state index contributed by atoms with van der Waals surface area (Å²) in [7, 11) is 5.75. The van der Waals surface area contributed by atoms with Gasteiger partial charge >= 0.3 is 0 Å². The van der Waals surface area contributed by atoms with E-state index in [1.807, 2.05) is 58.0 Å². The molecular weight excluding hydrogens is 659 g/mol. The molecule has 10 heteroatoms. The van der Waals surface area contributed by atoms with E-state index in [0.717, 1.165) is 41.2 Å². The van der Waals surface area contributed by atoms with Gasteiger partial charge in [-0.05, 0) is 134 Å². The highest BCUT2D eigenvalue weighted by atomic mass is 19.1. The van der Waals surface area contributed by atoms with Crippen LogP contribution in [0.3, 0.4) is 0 Å². The molecule has 1 aliphatic heterocycles. The van der Waals surface area contributed by atoms with Crippen molar-refractivity contribution in [2.75, 3.05) is 46.1 Å². The third-order valence-corrected chi connectivity index (χ3v) is 8.64. The molecule has 282 valence electrons. The van der Waals surface area contributed by atoms with Gasteiger partial charge in [-0.2, -0.15) is 0 Å². The number of allylic oxidation sites excluding steroid dienone is 1. The Kier molecular flexibility index (Phi) is 14.6. The van der Waals surface area contributed by atoms with Gasteiger partial charge in [-0.1, -0.05) is 37.3 Å². The van der Waals surface area contributed by atoms with Crippen molar-refractivity contribution in [3.8, 4) is 22.6 Å². The maximum Gasteiger partial charge on any atom is 0.257 e. The SMILES string of the molecule is C/C=C(\C(=O)c1cc(F)c(NC)c(Oc2cc3c(cc2C)-c2ccccc2C3O)c1C)C(=O)N1CCCC1.C=C(N)OC(C)(C)C.CCCN(C)C. The van der Waals surface area contributed by atoms with E-state index in [0.29, 0.717) is 30.0 Å². The number of hydrogen-bond acceptors (Lipinski definition) is 8. The quantitative estimate of drug-likeness (QED) is 0.0666. The Morgan fingerprint density at radius 2 is 1.73 bits per heavy atom. The third kappa shape index (κ3) is 10.2. The van der Waals surface area contributed by atoms with Gasteiger partial charge < -0.3 is 35.4 Å². The van der Waals surface area contributed by atoms with Gasteiger partial charge in [-0.25, -0.2) is 4.39 Å². The lowest BCUT2D eigenvalue weighted by Gasteiger charge is -2.21. The van der Waals surface area contributed by atoms with Gasteiger partial charge in [0.15, 0.2) is 23.2 Å². The topological polar surface area (TPSA) is 117 Å². The van der Waals surface area contributed by atoms with Gasteiger partial charge in [0.25, 0.3) is 5.91 Å². The minimum absolute atomic E-state index is 0.0205. The highest BCUT2D eigenvalue weighted by Gasteiger charge is 2.31. The molecule has 1 atom stereocenters. The molecule has 0 saturated carbocycles. The van der Waals surface area contributed by atoms with E-state index >= 15 is 4.39 Å². The number of fused-ring (bicyclic) bond motifs is 3. The smallest absolute Gasteiger partial charge is 0.257 e. The summed E-state index contributed by atoms with van der Waals surface area (Å²) >= 11 is 0. The van der Waals surface area contributed by atoms with Crippen molar-refractivity contribution >= 4 is 17.4 Å². The number of likely N-dealkylation sites (tertiary alicyclic amines) is 1. The third-order valence-electron chi connectivity index (χ3n) is 8.64. The van der Waals surface area contributed by atoms with Crippen LogP contribution in [0.2, 0.25) is 0 Å². The second-order valence-electron chi connectivity index (χ2n) is 14.3. The molecule has 3 aromatic carbocycles. The number of carbonyl (C=O) groups excluding carboxylic acids is 2. The summed E-state index contributed by atoms with van der Waals surface area (Å²) in [4.78, 5) is 30.4. The Morgan fingerprint density at radius 3 is 2.23 bits per heavy atom. The summed E-state index contributed by atoms with van der Waals surface area (Å²) < 4.78 is 26.7. The highest BCUT2D eigenvalue weighted by molar-refractivity contribution is 6.26. The number of aryl methyl sites for hydroxylation is 1. The minimum Gasteiger partial charge on any atom is -0.474 e. The van der Waals surface area contributed by atoms with Crippen LogP contribution in [0.4, 0.5) is 10.1 Å². The Balaban J connectivity index is 0.000000441. The van der Waals surface area contributed by atoms with E-state index in [9.17, 15) is 14.7 Å². The second-order valence-corrected chi connectivity index (χ2v) is 14.3. The standard InChI is InChI=1S/C31H31FN2O4.C6H13NO.C5H13N/c1-5-19(31(37)34-12-8-9-13-34)28(35)22-15-25(32)27(33-4)30(18(22)3)38-26-16-24-23(14-17(26)2)20-10-6-7-11-21(20)29(24)36;1-5(7)8-6(2,3)4;1-4-5-6(2)3/h5-7,10-11,14-16,29,33,36H,8-9,12-13H2,1-4H3;1,7H2,2-4H3;4-5H2,1-3H3/b19-5+;;. The number of nitrogens with two attached hydrogens (primary N) is 1. The van der Waals surface area contributed by atoms with Crippen LogP contribution in [0, 0.1) is 19.7 Å². The average molecular weight is 717 g/mol. The van der Waals surface area contributed by atoms with Crippen molar-refractivity contribution in [1.29, 1.82) is 0 Å². The molecule has 2 aliphatic rings. The average Bonchev–Trinajstić information content (AvgIpc) is 3.70. The predicted octanol–water partition coefficient (Wildman–Crippen LogP) is 8.28. The molecule has 0 radical (unpaired) electrons. The molecule has 3 aromatic rings. The van der Waals surface area contributed by atoms with Gasteiger partial charge in [0, 0.05) is 31.3 Å². The Morgan fingerprint density at radius 1 is 1.10 bits per heavy atom. The Labute approximate surface area is 309 Å². The van der Waals surface area contributed by atoms with Crippen LogP contribution in [0.15, 0.2) is 66.6 Å². The molecule has 9 nitrogen and oxygen atoms in total. The number of amides is 1. The molecule has 1 heterocycles. The van der Waals surface area contributed by atoms with Crippen molar-refractivity contribution in [1.82, 2.24) is 9.80 Å². The molecule has 1 aliphatic carbocycles. The summed E-state index contributed by atoms with van der Waals surface area (Å²) in [6.07, 6.45) is 3.76. The zero-order valence-corrected chi connectivity index (χ0v) is 32.6. The minimum atomic E-state index is -0.799. The summed E-state index contributed by atoms with van der Waals surface area (Å²) in [5, 5.41) is 13.8. The first-order valence-corrected chi connectivity index (χ1v) is 17.8. The molecule has 0 bridgehead atoms. The van der Waals surface area contributed by atoms with Gasteiger partial charge in [0.1, 0.15) is 23.1 Å². The number of anilines is 1. The van der Waals surface area contributed by atoms with Crippen LogP contribution < -0.4 is 15.8 Å². The molecule has 52 heavy (non-hydrogen) atoms. The zero-order valence-electron chi connectivity index (χ0n) is 32.6. The van der Waals surface area contributed by atoms with Crippen LogP contribution >= 0.6 is 0 Å². The molecular formula is C42H57FN4O5. The van der Waals surface area contributed by atoms with E-state index in [4.69, 9.17) is 15.2 Å². The first-order chi connectivity index (χ1) is 24.4. The number of ether oxygens (including phenoxy) is 2. The predicted molar refractivity (Wildman–Crippen MR) is 208 cm³/mol. The number of nitrogens with zero attached hydrogens (tertiary/aromatic N) is 2. The number of ketones is 1. The molecule has 1 saturated heterocycles. The van der Waals surface area contributed by atoms with Crippen LogP contribution in [0.5, 0.6) is 11.5 Å². The van der Waals surface area contributed by atoms with Crippen LogP contribution in [0.25, 0.3) is 11.1 Å². The maximum absolute atomic E-state index is 15.3. The molecule has 1 amide bonds. The fraction of sp³-hybridized carbons (Fsp3) is 0.429. The zero-order chi connectivity index (χ0) is 38.9. The van der Waals surface area contributed by atoms with Crippen molar-refractivity contribution in [2.45, 2.75) is 79.4 Å². The number of Topliss-reactive ketones (excluding diaryl/α,β-unsaturated/α-hetero) is 1. The number of benzene rings is 3. The van der Waals surface area contributed by atoms with E-state index in [-0.39, 0.29) is 40.0 Å². The molecule has 0 aromatic heterocycles. The second kappa shape index (κ2) is 18.2. The van der Waals surface area contributed by atoms with Crippen molar-refractivity contribution in [3.63, 3.8) is 0 Å². The van der Waals surface area contributed by atoms with Crippen molar-refractivity contribution < 1.29 is 28.6 Å². The lowest BCUT2D eigenvalue weighted by molar-refractivity contribution is -0.125. The first-order valence-electron chi connectivity index (χ1n) is 17.8. The van der Waals surface area contributed by atoms with E-state index < -0.39 is 17.7 Å². The molecule has 4 N–H and O–H groups in total. The lowest BCUT2D eigenvalue weighted by Crippen LogP contribution is -2.32.